The monoisotopic (exact) mass is 427 g/mol. The summed E-state index contributed by atoms with van der Waals surface area (Å²) in [5.74, 6) is 0.113. The summed E-state index contributed by atoms with van der Waals surface area (Å²) >= 11 is 0. The first-order valence-electron chi connectivity index (χ1n) is 10.1. The van der Waals surface area contributed by atoms with Crippen LogP contribution in [0.3, 0.4) is 0 Å². The van der Waals surface area contributed by atoms with Gasteiger partial charge in [-0.05, 0) is 61.6 Å². The molecule has 0 aliphatic carbocycles. The lowest BCUT2D eigenvalue weighted by Crippen LogP contribution is -2.26. The molecule has 6 nitrogen and oxygen atoms in total. The minimum absolute atomic E-state index is 0.0723. The summed E-state index contributed by atoms with van der Waals surface area (Å²) in [5.41, 5.74) is 4.50. The van der Waals surface area contributed by atoms with E-state index in [1.165, 1.54) is 12.1 Å². The molecule has 2 aromatic carbocycles. The van der Waals surface area contributed by atoms with Crippen molar-refractivity contribution in [2.75, 3.05) is 6.54 Å². The molecule has 0 saturated carbocycles. The van der Waals surface area contributed by atoms with Gasteiger partial charge in [0.05, 0.1) is 10.6 Å². The molecule has 30 heavy (non-hydrogen) atoms. The van der Waals surface area contributed by atoms with Crippen LogP contribution in [0.4, 0.5) is 0 Å². The molecular weight excluding hydrogens is 398 g/mol. The van der Waals surface area contributed by atoms with Crippen molar-refractivity contribution in [2.24, 2.45) is 7.05 Å². The van der Waals surface area contributed by atoms with Crippen LogP contribution in [0, 0.1) is 13.8 Å². The molecular formula is C23H29N3O3S. The Morgan fingerprint density at radius 2 is 1.63 bits per heavy atom. The predicted molar refractivity (Wildman–Crippen MR) is 120 cm³/mol. The van der Waals surface area contributed by atoms with Crippen molar-refractivity contribution in [3.8, 4) is 5.69 Å². The van der Waals surface area contributed by atoms with E-state index in [1.807, 2.05) is 63.7 Å². The molecule has 0 aliphatic rings. The van der Waals surface area contributed by atoms with E-state index in [1.54, 1.807) is 16.8 Å². The van der Waals surface area contributed by atoms with Crippen LogP contribution in [-0.2, 0) is 23.5 Å². The van der Waals surface area contributed by atoms with Crippen molar-refractivity contribution in [3.63, 3.8) is 0 Å². The summed E-state index contributed by atoms with van der Waals surface area (Å²) in [5, 5.41) is 0. The van der Waals surface area contributed by atoms with Gasteiger partial charge in [0, 0.05) is 24.8 Å². The van der Waals surface area contributed by atoms with Gasteiger partial charge in [-0.1, -0.05) is 38.1 Å². The van der Waals surface area contributed by atoms with Crippen molar-refractivity contribution in [1.82, 2.24) is 14.1 Å². The molecule has 1 aromatic heterocycles. The number of sulfonamides is 1. The maximum Gasteiger partial charge on any atom is 0.275 e. The highest BCUT2D eigenvalue weighted by Crippen LogP contribution is 2.19. The highest BCUT2D eigenvalue weighted by Gasteiger charge is 2.19. The summed E-state index contributed by atoms with van der Waals surface area (Å²) in [6, 6.07) is 14.3. The van der Waals surface area contributed by atoms with Crippen LogP contribution >= 0.6 is 0 Å². The third-order valence-electron chi connectivity index (χ3n) is 5.51. The lowest BCUT2D eigenvalue weighted by atomic mass is 10.0. The highest BCUT2D eigenvalue weighted by atomic mass is 32.2. The number of nitrogens with zero attached hydrogens (tertiary/aromatic N) is 2. The van der Waals surface area contributed by atoms with E-state index in [9.17, 15) is 13.2 Å². The van der Waals surface area contributed by atoms with Crippen LogP contribution < -0.4 is 10.3 Å². The zero-order valence-corrected chi connectivity index (χ0v) is 19.0. The molecule has 0 aliphatic heterocycles. The molecule has 160 valence electrons. The Balaban J connectivity index is 1.79. The first kappa shape index (κ1) is 22.1. The molecule has 7 heteroatoms. The Morgan fingerprint density at radius 3 is 2.20 bits per heavy atom. The van der Waals surface area contributed by atoms with Gasteiger partial charge in [-0.15, -0.1) is 0 Å². The van der Waals surface area contributed by atoms with E-state index in [-0.39, 0.29) is 16.4 Å². The normalized spacial score (nSPS) is 11.9. The number of benzene rings is 2. The molecule has 0 atom stereocenters. The lowest BCUT2D eigenvalue weighted by molar-refractivity contribution is 0.581. The molecule has 0 radical (unpaired) electrons. The van der Waals surface area contributed by atoms with E-state index in [4.69, 9.17) is 0 Å². The standard InChI is InChI=1S/C23H29N3O3S/c1-16(2)22-18(4)25(5)26(23(22)27)20-10-12-21(13-11-20)30(28,29)24-15-14-19-9-7-6-8-17(19)3/h6-13,16,24H,14-15H2,1-5H3. The minimum atomic E-state index is -3.62. The van der Waals surface area contributed by atoms with E-state index in [0.29, 0.717) is 18.7 Å². The molecule has 1 heterocycles. The molecule has 0 bridgehead atoms. The number of aromatic nitrogens is 2. The Morgan fingerprint density at radius 1 is 1.00 bits per heavy atom. The molecule has 0 spiro atoms. The summed E-state index contributed by atoms with van der Waals surface area (Å²) in [4.78, 5) is 13.0. The zero-order chi connectivity index (χ0) is 22.1. The van der Waals surface area contributed by atoms with E-state index >= 15 is 0 Å². The zero-order valence-electron chi connectivity index (χ0n) is 18.1. The molecule has 3 aromatic rings. The number of rotatable bonds is 7. The van der Waals surface area contributed by atoms with Gasteiger partial charge in [-0.25, -0.2) is 17.8 Å². The average molecular weight is 428 g/mol. The molecule has 0 saturated heterocycles. The first-order valence-corrected chi connectivity index (χ1v) is 11.5. The maximum atomic E-state index is 12.8. The van der Waals surface area contributed by atoms with Crippen molar-refractivity contribution in [2.45, 2.75) is 44.9 Å². The smallest absolute Gasteiger partial charge is 0.275 e. The van der Waals surface area contributed by atoms with Crippen LogP contribution in [0.1, 0.15) is 42.1 Å². The second-order valence-corrected chi connectivity index (χ2v) is 9.63. The number of nitrogens with one attached hydrogen (secondary N) is 1. The predicted octanol–water partition coefficient (Wildman–Crippen LogP) is 3.44. The van der Waals surface area contributed by atoms with E-state index in [2.05, 4.69) is 4.72 Å². The Hall–Kier alpha value is -2.64. The quantitative estimate of drug-likeness (QED) is 0.628. The fourth-order valence-electron chi connectivity index (χ4n) is 3.75. The first-order chi connectivity index (χ1) is 14.1. The van der Waals surface area contributed by atoms with Gasteiger partial charge in [0.1, 0.15) is 0 Å². The molecule has 0 fully saturated rings. The Labute approximate surface area is 178 Å². The van der Waals surface area contributed by atoms with Gasteiger partial charge < -0.3 is 0 Å². The molecule has 1 N–H and O–H groups in total. The van der Waals surface area contributed by atoms with Crippen molar-refractivity contribution in [3.05, 3.63) is 81.3 Å². The molecule has 3 rings (SSSR count). The number of hydrogen-bond acceptors (Lipinski definition) is 3. The summed E-state index contributed by atoms with van der Waals surface area (Å²) in [7, 11) is -1.79. The van der Waals surface area contributed by atoms with Gasteiger partial charge in [-0.2, -0.15) is 0 Å². The Bertz CT molecular complexity index is 1200. The van der Waals surface area contributed by atoms with Gasteiger partial charge in [-0.3, -0.25) is 9.48 Å². The second kappa shape index (κ2) is 8.62. The summed E-state index contributed by atoms with van der Waals surface area (Å²) in [6.45, 7) is 8.24. The lowest BCUT2D eigenvalue weighted by Gasteiger charge is -2.11. The van der Waals surface area contributed by atoms with E-state index in [0.717, 1.165) is 22.4 Å². The number of aryl methyl sites for hydroxylation is 1. The van der Waals surface area contributed by atoms with Crippen molar-refractivity contribution >= 4 is 10.0 Å². The summed E-state index contributed by atoms with van der Waals surface area (Å²) < 4.78 is 31.3. The fraction of sp³-hybridized carbons (Fsp3) is 0.348. The van der Waals surface area contributed by atoms with Crippen LogP contribution in [0.2, 0.25) is 0 Å². The van der Waals surface area contributed by atoms with Gasteiger partial charge in [0.25, 0.3) is 5.56 Å². The third kappa shape index (κ3) is 4.27. The van der Waals surface area contributed by atoms with Crippen LogP contribution in [0.5, 0.6) is 0 Å². The summed E-state index contributed by atoms with van der Waals surface area (Å²) in [6.07, 6.45) is 0.625. The second-order valence-electron chi connectivity index (χ2n) is 7.86. The number of hydrogen-bond donors (Lipinski definition) is 1. The van der Waals surface area contributed by atoms with E-state index < -0.39 is 10.0 Å². The van der Waals surface area contributed by atoms with Gasteiger partial charge in [0.15, 0.2) is 0 Å². The van der Waals surface area contributed by atoms with Crippen LogP contribution in [-0.4, -0.2) is 24.3 Å². The molecule has 0 unspecified atom stereocenters. The van der Waals surface area contributed by atoms with Gasteiger partial charge >= 0.3 is 0 Å². The van der Waals surface area contributed by atoms with Crippen LogP contribution in [0.25, 0.3) is 5.69 Å². The molecule has 0 amide bonds. The van der Waals surface area contributed by atoms with Crippen LogP contribution in [0.15, 0.2) is 58.2 Å². The topological polar surface area (TPSA) is 73.1 Å². The SMILES string of the molecule is Cc1ccccc1CCNS(=O)(=O)c1ccc(-n2c(=O)c(C(C)C)c(C)n2C)cc1. The van der Waals surface area contributed by atoms with Crippen molar-refractivity contribution in [1.29, 1.82) is 0 Å². The van der Waals surface area contributed by atoms with Crippen molar-refractivity contribution < 1.29 is 8.42 Å². The Kier molecular flexibility index (Phi) is 6.33. The maximum absolute atomic E-state index is 12.8. The third-order valence-corrected chi connectivity index (χ3v) is 6.99. The van der Waals surface area contributed by atoms with Gasteiger partial charge in [0.2, 0.25) is 10.0 Å². The minimum Gasteiger partial charge on any atom is -0.285 e. The average Bonchev–Trinajstić information content (AvgIpc) is 2.92. The largest absolute Gasteiger partial charge is 0.285 e. The highest BCUT2D eigenvalue weighted by molar-refractivity contribution is 7.89. The fourth-order valence-corrected chi connectivity index (χ4v) is 4.78.